The molecule has 0 spiro atoms. The van der Waals surface area contributed by atoms with E-state index in [-0.39, 0.29) is 11.4 Å². The van der Waals surface area contributed by atoms with E-state index in [1.54, 1.807) is 23.9 Å². The van der Waals surface area contributed by atoms with Gasteiger partial charge in [0, 0.05) is 5.56 Å². The lowest BCUT2D eigenvalue weighted by atomic mass is 9.88. The number of ether oxygens (including phenoxy) is 1. The zero-order chi connectivity index (χ0) is 26.6. The van der Waals surface area contributed by atoms with Gasteiger partial charge in [-0.1, -0.05) is 26.0 Å². The predicted octanol–water partition coefficient (Wildman–Crippen LogP) is 9.52. The van der Waals surface area contributed by atoms with Gasteiger partial charge in [0.2, 0.25) is 0 Å². The summed E-state index contributed by atoms with van der Waals surface area (Å²) in [5, 5.41) is 19.3. The lowest BCUT2D eigenvalue weighted by Gasteiger charge is -2.35. The number of thioether (sulfide) groups is 1. The maximum atomic E-state index is 10.0. The van der Waals surface area contributed by atoms with Crippen LogP contribution in [0.25, 0.3) is 6.08 Å². The standard InChI is InChI=1S/C14H20O2.C10H11BrOS.C3H6.C2H6/c1-8-9(2)13-11(10(3)12(8)15)6-7-14(4,5)16-13;1-7(13-2)5-8-3-4-10(12)9(11)6-8;1-3-2;1-2/h15H,6-7H2,1-5H3;3-6,12H,1-2H3;3H,1H2,2H3;1-2H3/b;7-5-;;. The number of allylic oxidation sites excluding steroid dienone is 2. The van der Waals surface area contributed by atoms with E-state index in [0.29, 0.717) is 5.75 Å². The van der Waals surface area contributed by atoms with Crippen LogP contribution in [-0.4, -0.2) is 22.1 Å². The molecule has 1 aliphatic rings. The molecular weight excluding hydrogens is 508 g/mol. The molecule has 0 fully saturated rings. The second kappa shape index (κ2) is 15.2. The highest BCUT2D eigenvalue weighted by molar-refractivity contribution is 9.10. The van der Waals surface area contributed by atoms with Gasteiger partial charge in [0.1, 0.15) is 22.8 Å². The predicted molar refractivity (Wildman–Crippen MR) is 156 cm³/mol. The van der Waals surface area contributed by atoms with Gasteiger partial charge in [-0.05, 0) is 129 Å². The van der Waals surface area contributed by atoms with E-state index in [2.05, 4.69) is 49.4 Å². The van der Waals surface area contributed by atoms with E-state index in [0.717, 1.165) is 45.3 Å². The van der Waals surface area contributed by atoms with Gasteiger partial charge < -0.3 is 14.9 Å². The van der Waals surface area contributed by atoms with E-state index < -0.39 is 0 Å². The first-order valence-electron chi connectivity index (χ1n) is 11.7. The summed E-state index contributed by atoms with van der Waals surface area (Å²) in [7, 11) is 0. The Hall–Kier alpha value is -1.85. The Balaban J connectivity index is 0.000000548. The molecule has 0 amide bonds. The zero-order valence-electron chi connectivity index (χ0n) is 22.6. The molecule has 34 heavy (non-hydrogen) atoms. The van der Waals surface area contributed by atoms with Gasteiger partial charge in [-0.15, -0.1) is 18.3 Å². The molecule has 0 radical (unpaired) electrons. The van der Waals surface area contributed by atoms with Crippen LogP contribution in [-0.2, 0) is 6.42 Å². The lowest BCUT2D eigenvalue weighted by molar-refractivity contribution is 0.0831. The molecule has 0 saturated heterocycles. The smallest absolute Gasteiger partial charge is 0.129 e. The van der Waals surface area contributed by atoms with Crippen LogP contribution in [0.2, 0.25) is 0 Å². The highest BCUT2D eigenvalue weighted by Crippen LogP contribution is 2.42. The summed E-state index contributed by atoms with van der Waals surface area (Å²) in [5.74, 6) is 1.70. The van der Waals surface area contributed by atoms with Crippen LogP contribution in [0, 0.1) is 20.8 Å². The first kappa shape index (κ1) is 32.1. The Morgan fingerprint density at radius 2 is 1.68 bits per heavy atom. The van der Waals surface area contributed by atoms with E-state index in [1.165, 1.54) is 10.5 Å². The number of benzene rings is 2. The molecule has 0 unspecified atom stereocenters. The van der Waals surface area contributed by atoms with Crippen LogP contribution in [0.4, 0.5) is 0 Å². The van der Waals surface area contributed by atoms with Crippen molar-refractivity contribution in [3.05, 3.63) is 68.0 Å². The molecule has 2 N–H and O–H groups in total. The van der Waals surface area contributed by atoms with Crippen LogP contribution in [0.1, 0.15) is 75.8 Å². The molecular formula is C29H43BrO3S. The molecule has 0 aliphatic carbocycles. The van der Waals surface area contributed by atoms with Crippen molar-refractivity contribution in [3.8, 4) is 17.2 Å². The molecule has 1 aliphatic heterocycles. The molecule has 0 atom stereocenters. The summed E-state index contributed by atoms with van der Waals surface area (Å²) in [6.45, 7) is 21.5. The molecule has 2 aromatic carbocycles. The van der Waals surface area contributed by atoms with Crippen LogP contribution >= 0.6 is 27.7 Å². The van der Waals surface area contributed by atoms with Gasteiger partial charge in [0.25, 0.3) is 0 Å². The van der Waals surface area contributed by atoms with Crippen molar-refractivity contribution < 1.29 is 14.9 Å². The van der Waals surface area contributed by atoms with Crippen LogP contribution in [0.3, 0.4) is 0 Å². The van der Waals surface area contributed by atoms with Crippen LogP contribution in [0.15, 0.2) is 40.2 Å². The number of aromatic hydroxyl groups is 2. The third kappa shape index (κ3) is 9.42. The van der Waals surface area contributed by atoms with Crippen LogP contribution in [0.5, 0.6) is 17.2 Å². The lowest BCUT2D eigenvalue weighted by Crippen LogP contribution is -2.33. The summed E-state index contributed by atoms with van der Waals surface area (Å²) in [6, 6.07) is 5.47. The maximum absolute atomic E-state index is 10.0. The van der Waals surface area contributed by atoms with Crippen LogP contribution < -0.4 is 4.74 Å². The minimum atomic E-state index is -0.0897. The molecule has 2 aromatic rings. The van der Waals surface area contributed by atoms with E-state index >= 15 is 0 Å². The van der Waals surface area contributed by atoms with E-state index in [1.807, 2.05) is 59.9 Å². The summed E-state index contributed by atoms with van der Waals surface area (Å²) in [6.07, 6.45) is 7.86. The third-order valence-corrected chi connectivity index (χ3v) is 6.76. The Morgan fingerprint density at radius 1 is 1.12 bits per heavy atom. The largest absolute Gasteiger partial charge is 0.507 e. The number of hydrogen-bond donors (Lipinski definition) is 2. The fraction of sp³-hybridized carbons (Fsp3) is 0.448. The molecule has 0 aromatic heterocycles. The fourth-order valence-corrected chi connectivity index (χ4v) is 3.92. The average molecular weight is 552 g/mol. The Morgan fingerprint density at radius 3 is 2.18 bits per heavy atom. The minimum absolute atomic E-state index is 0.0897. The van der Waals surface area contributed by atoms with Crippen molar-refractivity contribution in [2.75, 3.05) is 6.26 Å². The van der Waals surface area contributed by atoms with Crippen molar-refractivity contribution in [3.63, 3.8) is 0 Å². The highest BCUT2D eigenvalue weighted by Gasteiger charge is 2.30. The summed E-state index contributed by atoms with van der Waals surface area (Å²) >= 11 is 4.98. The van der Waals surface area contributed by atoms with E-state index in [4.69, 9.17) is 4.74 Å². The minimum Gasteiger partial charge on any atom is -0.507 e. The second-order valence-electron chi connectivity index (χ2n) is 8.47. The van der Waals surface area contributed by atoms with Gasteiger partial charge >= 0.3 is 0 Å². The quantitative estimate of drug-likeness (QED) is 0.365. The number of phenolic OH excluding ortho intramolecular Hbond substituents is 2. The number of rotatable bonds is 2. The van der Waals surface area contributed by atoms with E-state index in [9.17, 15) is 10.2 Å². The molecule has 0 saturated carbocycles. The summed E-state index contributed by atoms with van der Waals surface area (Å²) in [5.41, 5.74) is 5.18. The summed E-state index contributed by atoms with van der Waals surface area (Å²) < 4.78 is 6.79. The van der Waals surface area contributed by atoms with Crippen molar-refractivity contribution >= 4 is 33.8 Å². The van der Waals surface area contributed by atoms with Gasteiger partial charge in [-0.3, -0.25) is 0 Å². The van der Waals surface area contributed by atoms with Crippen molar-refractivity contribution in [1.82, 2.24) is 0 Å². The number of hydrogen-bond acceptors (Lipinski definition) is 4. The summed E-state index contributed by atoms with van der Waals surface area (Å²) in [4.78, 5) is 1.25. The number of phenols is 2. The molecule has 3 rings (SSSR count). The van der Waals surface area contributed by atoms with Gasteiger partial charge in [0.15, 0.2) is 0 Å². The topological polar surface area (TPSA) is 49.7 Å². The highest BCUT2D eigenvalue weighted by atomic mass is 79.9. The monoisotopic (exact) mass is 550 g/mol. The molecule has 1 heterocycles. The third-order valence-electron chi connectivity index (χ3n) is 5.36. The second-order valence-corrected chi connectivity index (χ2v) is 10.4. The van der Waals surface area contributed by atoms with Gasteiger partial charge in [0.05, 0.1) is 4.47 Å². The Kier molecular flexibility index (Phi) is 14.4. The Labute approximate surface area is 220 Å². The Bertz CT molecular complexity index is 978. The van der Waals surface area contributed by atoms with Crippen molar-refractivity contribution in [2.45, 2.75) is 80.8 Å². The zero-order valence-corrected chi connectivity index (χ0v) is 25.0. The van der Waals surface area contributed by atoms with Gasteiger partial charge in [-0.25, -0.2) is 0 Å². The normalized spacial score (nSPS) is 13.4. The number of halogens is 1. The molecule has 190 valence electrons. The fourth-order valence-electron chi connectivity index (χ4n) is 3.27. The SMILES string of the molecule is C=CC.CC.CS/C(C)=C\c1ccc(O)c(Br)c1.Cc1c(C)c2c(c(C)c1O)CCC(C)(C)O2. The van der Waals surface area contributed by atoms with Crippen molar-refractivity contribution in [1.29, 1.82) is 0 Å². The average Bonchev–Trinajstić information content (AvgIpc) is 2.80. The first-order chi connectivity index (χ1) is 15.9. The number of fused-ring (bicyclic) bond motifs is 1. The molecule has 3 nitrogen and oxygen atoms in total. The van der Waals surface area contributed by atoms with Crippen molar-refractivity contribution in [2.24, 2.45) is 0 Å². The molecule has 5 heteroatoms. The first-order valence-corrected chi connectivity index (χ1v) is 13.7. The maximum Gasteiger partial charge on any atom is 0.129 e. The molecule has 0 bridgehead atoms. The van der Waals surface area contributed by atoms with Gasteiger partial charge in [-0.2, -0.15) is 0 Å².